The number of halogens is 1. The van der Waals surface area contributed by atoms with Crippen LogP contribution in [0.5, 0.6) is 0 Å². The lowest BCUT2D eigenvalue weighted by atomic mass is 10.4. The van der Waals surface area contributed by atoms with Crippen molar-refractivity contribution in [1.29, 1.82) is 0 Å². The van der Waals surface area contributed by atoms with Gasteiger partial charge in [-0.1, -0.05) is 25.4 Å². The third kappa shape index (κ3) is 3.79. The van der Waals surface area contributed by atoms with Gasteiger partial charge in [-0.25, -0.2) is 19.2 Å². The van der Waals surface area contributed by atoms with E-state index in [4.69, 9.17) is 17.4 Å². The van der Waals surface area contributed by atoms with E-state index in [9.17, 15) is 8.42 Å². The van der Waals surface area contributed by atoms with Gasteiger partial charge in [0.2, 0.25) is 10.0 Å². The molecule has 0 saturated carbocycles. The predicted octanol–water partition coefficient (Wildman–Crippen LogP) is 1.83. The minimum absolute atomic E-state index is 0.0819. The van der Waals surface area contributed by atoms with Crippen LogP contribution in [0.15, 0.2) is 17.2 Å². The van der Waals surface area contributed by atoms with Gasteiger partial charge >= 0.3 is 0 Å². The first kappa shape index (κ1) is 16.2. The quantitative estimate of drug-likeness (QED) is 0.592. The van der Waals surface area contributed by atoms with Gasteiger partial charge in [0, 0.05) is 19.3 Å². The molecule has 0 aliphatic carbocycles. The molecular formula is C11H19ClN4O2S. The summed E-state index contributed by atoms with van der Waals surface area (Å²) in [5.41, 5.74) is 2.30. The minimum Gasteiger partial charge on any atom is -0.307 e. The first-order chi connectivity index (χ1) is 8.97. The molecular weight excluding hydrogens is 288 g/mol. The highest BCUT2D eigenvalue weighted by Gasteiger charge is 2.24. The van der Waals surface area contributed by atoms with Gasteiger partial charge < -0.3 is 5.43 Å². The zero-order chi connectivity index (χ0) is 14.5. The Morgan fingerprint density at radius 1 is 1.37 bits per heavy atom. The highest BCUT2D eigenvalue weighted by atomic mass is 35.5. The minimum atomic E-state index is -3.56. The number of anilines is 1. The topological polar surface area (TPSA) is 88.3 Å². The lowest BCUT2D eigenvalue weighted by molar-refractivity contribution is 0.410. The molecule has 8 heteroatoms. The Bertz CT molecular complexity index is 515. The van der Waals surface area contributed by atoms with Gasteiger partial charge in [0.05, 0.1) is 5.02 Å². The molecule has 0 aromatic carbocycles. The van der Waals surface area contributed by atoms with Gasteiger partial charge in [-0.3, -0.25) is 0 Å². The van der Waals surface area contributed by atoms with Crippen LogP contribution in [0.4, 0.5) is 5.82 Å². The van der Waals surface area contributed by atoms with Crippen LogP contribution in [0.3, 0.4) is 0 Å². The maximum atomic E-state index is 12.4. The third-order valence-electron chi connectivity index (χ3n) is 2.54. The molecule has 0 aliphatic heterocycles. The van der Waals surface area contributed by atoms with Crippen molar-refractivity contribution >= 4 is 27.4 Å². The Balaban J connectivity index is 3.14. The number of aromatic nitrogens is 1. The number of nitrogens with one attached hydrogen (secondary N) is 1. The SMILES string of the molecule is CCCN(CCC)S(=O)(=O)c1cnc(NN)c(Cl)c1. The Labute approximate surface area is 119 Å². The fourth-order valence-electron chi connectivity index (χ4n) is 1.67. The summed E-state index contributed by atoms with van der Waals surface area (Å²) >= 11 is 5.91. The van der Waals surface area contributed by atoms with Gasteiger partial charge in [-0.05, 0) is 18.9 Å². The fourth-order valence-corrected chi connectivity index (χ4v) is 3.55. The van der Waals surface area contributed by atoms with E-state index in [1.165, 1.54) is 16.6 Å². The second kappa shape index (κ2) is 7.04. The normalized spacial score (nSPS) is 11.8. The summed E-state index contributed by atoms with van der Waals surface area (Å²) in [5.74, 6) is 5.46. The Morgan fingerprint density at radius 3 is 2.37 bits per heavy atom. The van der Waals surface area contributed by atoms with Crippen LogP contribution in [-0.4, -0.2) is 30.8 Å². The van der Waals surface area contributed by atoms with E-state index in [1.807, 2.05) is 13.8 Å². The number of rotatable bonds is 7. The average Bonchev–Trinajstić information content (AvgIpc) is 2.38. The van der Waals surface area contributed by atoms with E-state index in [0.717, 1.165) is 12.8 Å². The van der Waals surface area contributed by atoms with Crippen LogP contribution in [0.25, 0.3) is 0 Å². The second-order valence-corrected chi connectivity index (χ2v) is 6.40. The fraction of sp³-hybridized carbons (Fsp3) is 0.545. The molecule has 0 fully saturated rings. The molecule has 0 saturated heterocycles. The monoisotopic (exact) mass is 306 g/mol. The molecule has 0 spiro atoms. The average molecular weight is 307 g/mol. The molecule has 0 radical (unpaired) electrons. The van der Waals surface area contributed by atoms with Crippen LogP contribution in [0.1, 0.15) is 26.7 Å². The van der Waals surface area contributed by atoms with Crippen molar-refractivity contribution in [1.82, 2.24) is 9.29 Å². The molecule has 108 valence electrons. The molecule has 3 N–H and O–H groups in total. The summed E-state index contributed by atoms with van der Waals surface area (Å²) in [7, 11) is -3.56. The molecule has 1 aromatic heterocycles. The second-order valence-electron chi connectivity index (χ2n) is 4.05. The van der Waals surface area contributed by atoms with Crippen LogP contribution >= 0.6 is 11.6 Å². The molecule has 6 nitrogen and oxygen atoms in total. The number of sulfonamides is 1. The van der Waals surface area contributed by atoms with Crippen LogP contribution in [0.2, 0.25) is 5.02 Å². The van der Waals surface area contributed by atoms with E-state index in [2.05, 4.69) is 10.4 Å². The summed E-state index contributed by atoms with van der Waals surface area (Å²) in [6, 6.07) is 1.36. The number of hydrogen-bond donors (Lipinski definition) is 2. The van der Waals surface area contributed by atoms with Gasteiger partial charge in [0.15, 0.2) is 5.82 Å². The molecule has 0 amide bonds. The van der Waals surface area contributed by atoms with E-state index in [0.29, 0.717) is 13.1 Å². The van der Waals surface area contributed by atoms with Gasteiger partial charge in [0.25, 0.3) is 0 Å². The van der Waals surface area contributed by atoms with Crippen molar-refractivity contribution in [2.75, 3.05) is 18.5 Å². The van der Waals surface area contributed by atoms with Gasteiger partial charge in [-0.2, -0.15) is 4.31 Å². The van der Waals surface area contributed by atoms with Crippen molar-refractivity contribution in [3.8, 4) is 0 Å². The molecule has 19 heavy (non-hydrogen) atoms. The van der Waals surface area contributed by atoms with E-state index < -0.39 is 10.0 Å². The number of hydrazine groups is 1. The van der Waals surface area contributed by atoms with Crippen molar-refractivity contribution in [3.63, 3.8) is 0 Å². The largest absolute Gasteiger partial charge is 0.307 e. The molecule has 1 heterocycles. The van der Waals surface area contributed by atoms with Crippen molar-refractivity contribution in [3.05, 3.63) is 17.3 Å². The van der Waals surface area contributed by atoms with Crippen LogP contribution in [-0.2, 0) is 10.0 Å². The highest BCUT2D eigenvalue weighted by molar-refractivity contribution is 7.89. The highest BCUT2D eigenvalue weighted by Crippen LogP contribution is 2.24. The summed E-state index contributed by atoms with van der Waals surface area (Å²) in [6.45, 7) is 4.82. The summed E-state index contributed by atoms with van der Waals surface area (Å²) in [4.78, 5) is 3.97. The zero-order valence-corrected chi connectivity index (χ0v) is 12.6. The first-order valence-corrected chi connectivity index (χ1v) is 7.91. The lowest BCUT2D eigenvalue weighted by Crippen LogP contribution is -2.32. The van der Waals surface area contributed by atoms with E-state index in [1.54, 1.807) is 0 Å². The van der Waals surface area contributed by atoms with Crippen molar-refractivity contribution in [2.45, 2.75) is 31.6 Å². The predicted molar refractivity (Wildman–Crippen MR) is 76.4 cm³/mol. The third-order valence-corrected chi connectivity index (χ3v) is 4.69. The van der Waals surface area contributed by atoms with Gasteiger partial charge in [0.1, 0.15) is 4.90 Å². The standard InChI is InChI=1S/C11H19ClN4O2S/c1-3-5-16(6-4-2)19(17,18)9-7-10(12)11(15-13)14-8-9/h7-8H,3-6,13H2,1-2H3,(H,14,15). The lowest BCUT2D eigenvalue weighted by Gasteiger charge is -2.21. The Kier molecular flexibility index (Phi) is 5.99. The summed E-state index contributed by atoms with van der Waals surface area (Å²) in [6.07, 6.45) is 2.76. The maximum absolute atomic E-state index is 12.4. The summed E-state index contributed by atoms with van der Waals surface area (Å²) < 4.78 is 26.3. The number of nitrogen functional groups attached to an aromatic ring is 1. The molecule has 0 aliphatic rings. The summed E-state index contributed by atoms with van der Waals surface area (Å²) in [5, 5.41) is 0.177. The molecule has 1 aromatic rings. The molecule has 0 unspecified atom stereocenters. The number of nitrogens with zero attached hydrogens (tertiary/aromatic N) is 2. The molecule has 0 bridgehead atoms. The van der Waals surface area contributed by atoms with E-state index >= 15 is 0 Å². The van der Waals surface area contributed by atoms with Crippen LogP contribution < -0.4 is 11.3 Å². The number of pyridine rings is 1. The Hall–Kier alpha value is -0.890. The smallest absolute Gasteiger partial charge is 0.244 e. The van der Waals surface area contributed by atoms with E-state index in [-0.39, 0.29) is 15.7 Å². The van der Waals surface area contributed by atoms with Gasteiger partial charge in [-0.15, -0.1) is 0 Å². The number of hydrogen-bond acceptors (Lipinski definition) is 5. The Morgan fingerprint density at radius 2 is 1.95 bits per heavy atom. The first-order valence-electron chi connectivity index (χ1n) is 6.09. The molecule has 1 rings (SSSR count). The van der Waals surface area contributed by atoms with Crippen molar-refractivity contribution in [2.24, 2.45) is 5.84 Å². The van der Waals surface area contributed by atoms with Crippen LogP contribution in [0, 0.1) is 0 Å². The van der Waals surface area contributed by atoms with Crippen molar-refractivity contribution < 1.29 is 8.42 Å². The maximum Gasteiger partial charge on any atom is 0.244 e. The molecule has 0 atom stereocenters. The zero-order valence-electron chi connectivity index (χ0n) is 11.1. The number of nitrogens with two attached hydrogens (primary N) is 1.